The zero-order valence-corrected chi connectivity index (χ0v) is 17.7. The smallest absolute Gasteiger partial charge is 0.357 e. The minimum atomic E-state index is -4.21. The fourth-order valence-electron chi connectivity index (χ4n) is 1.98. The number of aromatic nitrogens is 1. The predicted octanol–water partition coefficient (Wildman–Crippen LogP) is 1.89. The molecule has 2 N–H and O–H groups in total. The molecule has 1 heterocycles. The van der Waals surface area contributed by atoms with Crippen LogP contribution < -0.4 is 14.2 Å². The van der Waals surface area contributed by atoms with E-state index in [2.05, 4.69) is 14.4 Å². The first kappa shape index (κ1) is 21.9. The summed E-state index contributed by atoms with van der Waals surface area (Å²) in [6.07, 6.45) is 0. The van der Waals surface area contributed by atoms with Crippen LogP contribution in [0.1, 0.15) is 24.3 Å². The van der Waals surface area contributed by atoms with Crippen molar-refractivity contribution < 1.29 is 31.1 Å². The zero-order valence-electron chi connectivity index (χ0n) is 15.3. The highest BCUT2D eigenvalue weighted by Gasteiger charge is 2.24. The van der Waals surface area contributed by atoms with Gasteiger partial charge in [0.2, 0.25) is 10.0 Å². The minimum absolute atomic E-state index is 0.0359. The van der Waals surface area contributed by atoms with Gasteiger partial charge in [-0.1, -0.05) is 0 Å². The Morgan fingerprint density at radius 2 is 1.89 bits per heavy atom. The molecule has 0 aliphatic heterocycles. The number of benzene rings is 1. The Hall–Kier alpha value is -2.38. The van der Waals surface area contributed by atoms with Crippen LogP contribution in [0.5, 0.6) is 5.75 Å². The van der Waals surface area contributed by atoms with Crippen LogP contribution in [0.2, 0.25) is 0 Å². The second-order valence-electron chi connectivity index (χ2n) is 5.23. The van der Waals surface area contributed by atoms with Gasteiger partial charge in [-0.3, -0.25) is 9.44 Å². The van der Waals surface area contributed by atoms with Crippen LogP contribution in [0.25, 0.3) is 0 Å². The summed E-state index contributed by atoms with van der Waals surface area (Å²) in [4.78, 5) is 15.2. The third-order valence-corrected chi connectivity index (χ3v) is 6.91. The SMILES string of the molecule is CCOC(=O)c1csc(NS(=O)(=O)c2ccc(OC)cc2NS(=O)(=O)CC)n1. The van der Waals surface area contributed by atoms with E-state index in [1.54, 1.807) is 6.92 Å². The van der Waals surface area contributed by atoms with Crippen LogP contribution >= 0.6 is 11.3 Å². The number of sulfonamides is 2. The molecular weight excluding hydrogens is 430 g/mol. The monoisotopic (exact) mass is 449 g/mol. The molecule has 0 amide bonds. The van der Waals surface area contributed by atoms with Gasteiger partial charge < -0.3 is 9.47 Å². The number of esters is 1. The van der Waals surface area contributed by atoms with Crippen LogP contribution in [0.15, 0.2) is 28.5 Å². The van der Waals surface area contributed by atoms with E-state index in [-0.39, 0.29) is 39.5 Å². The van der Waals surface area contributed by atoms with E-state index in [1.807, 2.05) is 0 Å². The van der Waals surface area contributed by atoms with Crippen LogP contribution in [-0.4, -0.2) is 47.3 Å². The topological polar surface area (TPSA) is 141 Å². The first-order valence-electron chi connectivity index (χ1n) is 7.95. The maximum Gasteiger partial charge on any atom is 0.357 e. The fraction of sp³-hybridized carbons (Fsp3) is 0.333. The zero-order chi connectivity index (χ0) is 20.9. The second kappa shape index (κ2) is 8.75. The highest BCUT2D eigenvalue weighted by molar-refractivity contribution is 7.94. The summed E-state index contributed by atoms with van der Waals surface area (Å²) in [5.74, 6) is -0.649. The lowest BCUT2D eigenvalue weighted by atomic mass is 10.3. The molecule has 0 aliphatic carbocycles. The number of anilines is 2. The molecule has 154 valence electrons. The Labute approximate surface area is 167 Å². The third kappa shape index (κ3) is 5.33. The van der Waals surface area contributed by atoms with Crippen LogP contribution in [0.3, 0.4) is 0 Å². The van der Waals surface area contributed by atoms with Gasteiger partial charge in [0.15, 0.2) is 10.8 Å². The quantitative estimate of drug-likeness (QED) is 0.553. The number of hydrogen-bond acceptors (Lipinski definition) is 9. The largest absolute Gasteiger partial charge is 0.497 e. The van der Waals surface area contributed by atoms with E-state index in [4.69, 9.17) is 9.47 Å². The standard InChI is InChI=1S/C15H19N3O7S3/c1-4-25-14(19)12-9-26-15(16-12)18-28(22,23)13-7-6-10(24-3)8-11(13)17-27(20,21)5-2/h6-9,17H,4-5H2,1-3H3,(H,16,18). The van der Waals surface area contributed by atoms with E-state index in [9.17, 15) is 21.6 Å². The van der Waals surface area contributed by atoms with Crippen molar-refractivity contribution in [3.63, 3.8) is 0 Å². The Kier molecular flexibility index (Phi) is 6.85. The van der Waals surface area contributed by atoms with Gasteiger partial charge in [-0.25, -0.2) is 26.6 Å². The lowest BCUT2D eigenvalue weighted by molar-refractivity contribution is 0.0520. The molecule has 0 atom stereocenters. The molecule has 0 fully saturated rings. The van der Waals surface area contributed by atoms with E-state index in [0.717, 1.165) is 11.3 Å². The number of ether oxygens (including phenoxy) is 2. The van der Waals surface area contributed by atoms with Gasteiger partial charge in [0.1, 0.15) is 10.6 Å². The average Bonchev–Trinajstić information content (AvgIpc) is 3.09. The molecular formula is C15H19N3O7S3. The van der Waals surface area contributed by atoms with Crippen molar-refractivity contribution in [1.82, 2.24) is 4.98 Å². The highest BCUT2D eigenvalue weighted by Crippen LogP contribution is 2.29. The molecule has 0 saturated heterocycles. The van der Waals surface area contributed by atoms with Gasteiger partial charge in [-0.2, -0.15) is 0 Å². The summed E-state index contributed by atoms with van der Waals surface area (Å²) >= 11 is 0.891. The van der Waals surface area contributed by atoms with Crippen LogP contribution in [-0.2, 0) is 24.8 Å². The lowest BCUT2D eigenvalue weighted by Gasteiger charge is -2.14. The number of methoxy groups -OCH3 is 1. The molecule has 2 aromatic rings. The first-order valence-corrected chi connectivity index (χ1v) is 12.0. The summed E-state index contributed by atoms with van der Waals surface area (Å²) in [7, 11) is -6.58. The van der Waals surface area contributed by atoms with Crippen LogP contribution in [0, 0.1) is 0 Å². The van der Waals surface area contributed by atoms with Crippen molar-refractivity contribution in [3.05, 3.63) is 29.3 Å². The van der Waals surface area contributed by atoms with Crippen molar-refractivity contribution in [1.29, 1.82) is 0 Å². The van der Waals surface area contributed by atoms with Gasteiger partial charge in [-0.15, -0.1) is 11.3 Å². The molecule has 0 saturated carbocycles. The van der Waals surface area contributed by atoms with Gasteiger partial charge in [0.25, 0.3) is 10.0 Å². The molecule has 1 aromatic heterocycles. The number of rotatable bonds is 9. The average molecular weight is 450 g/mol. The Bertz CT molecular complexity index is 1060. The third-order valence-electron chi connectivity index (χ3n) is 3.33. The minimum Gasteiger partial charge on any atom is -0.497 e. The Morgan fingerprint density at radius 3 is 2.50 bits per heavy atom. The number of nitrogens with zero attached hydrogens (tertiary/aromatic N) is 1. The summed E-state index contributed by atoms with van der Waals surface area (Å²) < 4.78 is 63.7. The number of carbonyl (C=O) groups is 1. The molecule has 2 rings (SSSR count). The normalized spacial score (nSPS) is 11.7. The number of carbonyl (C=O) groups excluding carboxylic acids is 1. The molecule has 28 heavy (non-hydrogen) atoms. The summed E-state index contributed by atoms with van der Waals surface area (Å²) in [6.45, 7) is 3.21. The molecule has 1 aromatic carbocycles. The predicted molar refractivity (Wildman–Crippen MR) is 105 cm³/mol. The maximum absolute atomic E-state index is 12.8. The summed E-state index contributed by atoms with van der Waals surface area (Å²) in [5, 5.41) is 1.29. The van der Waals surface area contributed by atoms with Gasteiger partial charge >= 0.3 is 5.97 Å². The van der Waals surface area contributed by atoms with Crippen molar-refractivity contribution >= 4 is 48.2 Å². The lowest BCUT2D eigenvalue weighted by Crippen LogP contribution is -2.20. The van der Waals surface area contributed by atoms with E-state index < -0.39 is 26.0 Å². The molecule has 0 bridgehead atoms. The Balaban J connectivity index is 2.38. The molecule has 0 aliphatic rings. The van der Waals surface area contributed by atoms with Crippen molar-refractivity contribution in [3.8, 4) is 5.75 Å². The Morgan fingerprint density at radius 1 is 1.18 bits per heavy atom. The van der Waals surface area contributed by atoms with Gasteiger partial charge in [0.05, 0.1) is 25.2 Å². The second-order valence-corrected chi connectivity index (χ2v) is 9.75. The fourth-order valence-corrected chi connectivity index (χ4v) is 4.77. The van der Waals surface area contributed by atoms with E-state index in [0.29, 0.717) is 0 Å². The summed E-state index contributed by atoms with van der Waals surface area (Å²) in [6, 6.07) is 3.84. The van der Waals surface area contributed by atoms with Crippen molar-refractivity contribution in [2.45, 2.75) is 18.7 Å². The number of nitrogens with one attached hydrogen (secondary N) is 2. The first-order chi connectivity index (χ1) is 13.1. The summed E-state index contributed by atoms with van der Waals surface area (Å²) in [5.41, 5.74) is -0.206. The molecule has 0 unspecified atom stereocenters. The van der Waals surface area contributed by atoms with Crippen molar-refractivity contribution in [2.24, 2.45) is 0 Å². The van der Waals surface area contributed by atoms with Crippen LogP contribution in [0.4, 0.5) is 10.8 Å². The molecule has 10 nitrogen and oxygen atoms in total. The van der Waals surface area contributed by atoms with Crippen molar-refractivity contribution in [2.75, 3.05) is 28.9 Å². The number of hydrogen-bond donors (Lipinski definition) is 2. The van der Waals surface area contributed by atoms with Gasteiger partial charge in [0, 0.05) is 11.4 Å². The highest BCUT2D eigenvalue weighted by atomic mass is 32.2. The molecule has 0 radical (unpaired) electrons. The van der Waals surface area contributed by atoms with E-state index in [1.165, 1.54) is 37.6 Å². The molecule has 0 spiro atoms. The maximum atomic E-state index is 12.8. The molecule has 13 heteroatoms. The number of thiazole rings is 1. The van der Waals surface area contributed by atoms with E-state index >= 15 is 0 Å². The van der Waals surface area contributed by atoms with Gasteiger partial charge in [-0.05, 0) is 26.0 Å².